The molecule has 2 rings (SSSR count). The SMILES string of the molecule is C/C(=N/Nc1ccc(C(=O)O)cc1)c1ccc(C)c(C)c1. The Morgan fingerprint density at radius 1 is 1.00 bits per heavy atom. The van der Waals surface area contributed by atoms with Crippen LogP contribution in [0.2, 0.25) is 0 Å². The molecule has 0 aliphatic rings. The molecule has 108 valence electrons. The third-order valence-electron chi connectivity index (χ3n) is 3.41. The Morgan fingerprint density at radius 2 is 1.62 bits per heavy atom. The summed E-state index contributed by atoms with van der Waals surface area (Å²) in [6, 6.07) is 12.7. The fraction of sp³-hybridized carbons (Fsp3) is 0.176. The zero-order valence-corrected chi connectivity index (χ0v) is 12.3. The van der Waals surface area contributed by atoms with Gasteiger partial charge in [0.15, 0.2) is 0 Å². The molecule has 0 atom stereocenters. The number of carboxylic acids is 1. The Labute approximate surface area is 124 Å². The van der Waals surface area contributed by atoms with E-state index < -0.39 is 5.97 Å². The molecule has 0 aliphatic carbocycles. The summed E-state index contributed by atoms with van der Waals surface area (Å²) >= 11 is 0. The van der Waals surface area contributed by atoms with Crippen LogP contribution in [0.15, 0.2) is 47.6 Å². The van der Waals surface area contributed by atoms with Crippen LogP contribution in [0, 0.1) is 13.8 Å². The molecule has 21 heavy (non-hydrogen) atoms. The fourth-order valence-corrected chi connectivity index (χ4v) is 1.87. The second-order valence-electron chi connectivity index (χ2n) is 4.99. The van der Waals surface area contributed by atoms with E-state index in [1.54, 1.807) is 24.3 Å². The van der Waals surface area contributed by atoms with Crippen molar-refractivity contribution in [2.45, 2.75) is 20.8 Å². The van der Waals surface area contributed by atoms with Gasteiger partial charge in [-0.15, -0.1) is 0 Å². The molecule has 2 aromatic rings. The molecule has 0 amide bonds. The molecule has 4 heteroatoms. The number of aromatic carboxylic acids is 1. The van der Waals surface area contributed by atoms with Crippen molar-refractivity contribution in [1.82, 2.24) is 0 Å². The number of rotatable bonds is 4. The van der Waals surface area contributed by atoms with Crippen LogP contribution in [0.25, 0.3) is 0 Å². The molecule has 0 saturated carbocycles. The smallest absolute Gasteiger partial charge is 0.335 e. The van der Waals surface area contributed by atoms with Gasteiger partial charge in [0, 0.05) is 0 Å². The highest BCUT2D eigenvalue weighted by Gasteiger charge is 2.02. The molecule has 4 nitrogen and oxygen atoms in total. The molecule has 2 N–H and O–H groups in total. The second-order valence-corrected chi connectivity index (χ2v) is 4.99. The first-order chi connectivity index (χ1) is 9.97. The number of carboxylic acid groups (broad SMARTS) is 1. The van der Waals surface area contributed by atoms with E-state index in [-0.39, 0.29) is 5.56 Å². The van der Waals surface area contributed by atoms with Gasteiger partial charge >= 0.3 is 5.97 Å². The van der Waals surface area contributed by atoms with Crippen molar-refractivity contribution in [3.05, 3.63) is 64.7 Å². The van der Waals surface area contributed by atoms with Gasteiger partial charge < -0.3 is 5.11 Å². The maximum Gasteiger partial charge on any atom is 0.335 e. The van der Waals surface area contributed by atoms with Crippen LogP contribution in [0.5, 0.6) is 0 Å². The predicted molar refractivity (Wildman–Crippen MR) is 85.2 cm³/mol. The van der Waals surface area contributed by atoms with Crippen LogP contribution in [0.1, 0.15) is 34.0 Å². The topological polar surface area (TPSA) is 61.7 Å². The van der Waals surface area contributed by atoms with Crippen molar-refractivity contribution in [2.24, 2.45) is 5.10 Å². The third kappa shape index (κ3) is 3.69. The van der Waals surface area contributed by atoms with Crippen molar-refractivity contribution in [3.63, 3.8) is 0 Å². The van der Waals surface area contributed by atoms with Gasteiger partial charge in [-0.3, -0.25) is 5.43 Å². The van der Waals surface area contributed by atoms with Crippen LogP contribution in [-0.4, -0.2) is 16.8 Å². The Balaban J connectivity index is 2.12. The van der Waals surface area contributed by atoms with Crippen LogP contribution in [0.4, 0.5) is 5.69 Å². The maximum absolute atomic E-state index is 10.8. The summed E-state index contributed by atoms with van der Waals surface area (Å²) in [4.78, 5) is 10.8. The molecule has 0 aliphatic heterocycles. The van der Waals surface area contributed by atoms with Crippen LogP contribution >= 0.6 is 0 Å². The van der Waals surface area contributed by atoms with E-state index in [4.69, 9.17) is 5.11 Å². The maximum atomic E-state index is 10.8. The number of aryl methyl sites for hydroxylation is 2. The van der Waals surface area contributed by atoms with Gasteiger partial charge in [-0.1, -0.05) is 12.1 Å². The summed E-state index contributed by atoms with van der Waals surface area (Å²) in [6.45, 7) is 6.08. The van der Waals surface area contributed by atoms with E-state index in [2.05, 4.69) is 36.5 Å². The molecule has 0 saturated heterocycles. The monoisotopic (exact) mass is 282 g/mol. The van der Waals surface area contributed by atoms with Crippen LogP contribution in [-0.2, 0) is 0 Å². The van der Waals surface area contributed by atoms with E-state index in [0.717, 1.165) is 17.0 Å². The third-order valence-corrected chi connectivity index (χ3v) is 3.41. The molecule has 0 unspecified atom stereocenters. The molecule has 0 spiro atoms. The zero-order valence-electron chi connectivity index (χ0n) is 12.3. The Kier molecular flexibility index (Phi) is 4.38. The summed E-state index contributed by atoms with van der Waals surface area (Å²) in [6.07, 6.45) is 0. The second kappa shape index (κ2) is 6.22. The van der Waals surface area contributed by atoms with Gasteiger partial charge in [-0.2, -0.15) is 5.10 Å². The van der Waals surface area contributed by atoms with E-state index in [9.17, 15) is 4.79 Å². The first-order valence-corrected chi connectivity index (χ1v) is 6.68. The quantitative estimate of drug-likeness (QED) is 0.661. The average Bonchev–Trinajstić information content (AvgIpc) is 2.48. The predicted octanol–water partition coefficient (Wildman–Crippen LogP) is 3.84. The van der Waals surface area contributed by atoms with Crippen molar-refractivity contribution in [2.75, 3.05) is 5.43 Å². The number of nitrogens with one attached hydrogen (secondary N) is 1. The first-order valence-electron chi connectivity index (χ1n) is 6.68. The lowest BCUT2D eigenvalue weighted by Crippen LogP contribution is -2.01. The largest absolute Gasteiger partial charge is 0.478 e. The molecule has 0 radical (unpaired) electrons. The number of nitrogens with zero attached hydrogens (tertiary/aromatic N) is 1. The van der Waals surface area contributed by atoms with E-state index in [1.807, 2.05) is 13.0 Å². The van der Waals surface area contributed by atoms with Gasteiger partial charge in [-0.05, 0) is 67.8 Å². The minimum Gasteiger partial charge on any atom is -0.478 e. The van der Waals surface area contributed by atoms with E-state index >= 15 is 0 Å². The zero-order chi connectivity index (χ0) is 15.4. The lowest BCUT2D eigenvalue weighted by molar-refractivity contribution is 0.0697. The number of hydrazone groups is 1. The van der Waals surface area contributed by atoms with Crippen molar-refractivity contribution in [1.29, 1.82) is 0 Å². The van der Waals surface area contributed by atoms with Crippen LogP contribution in [0.3, 0.4) is 0 Å². The number of hydrogen-bond donors (Lipinski definition) is 2. The minimum absolute atomic E-state index is 0.260. The number of benzene rings is 2. The molecule has 0 aromatic heterocycles. The highest BCUT2D eigenvalue weighted by molar-refractivity contribution is 5.99. The van der Waals surface area contributed by atoms with E-state index in [1.165, 1.54) is 11.1 Å². The van der Waals surface area contributed by atoms with Gasteiger partial charge in [-0.25, -0.2) is 4.79 Å². The Hall–Kier alpha value is -2.62. The van der Waals surface area contributed by atoms with Gasteiger partial charge in [0.2, 0.25) is 0 Å². The van der Waals surface area contributed by atoms with Gasteiger partial charge in [0.25, 0.3) is 0 Å². The summed E-state index contributed by atoms with van der Waals surface area (Å²) in [5, 5.41) is 13.2. The number of hydrogen-bond acceptors (Lipinski definition) is 3. The highest BCUT2D eigenvalue weighted by atomic mass is 16.4. The highest BCUT2D eigenvalue weighted by Crippen LogP contribution is 2.12. The van der Waals surface area contributed by atoms with Crippen molar-refractivity contribution < 1.29 is 9.90 Å². The fourth-order valence-electron chi connectivity index (χ4n) is 1.87. The van der Waals surface area contributed by atoms with Gasteiger partial charge in [0.05, 0.1) is 17.0 Å². The number of carbonyl (C=O) groups is 1. The first kappa shape index (κ1) is 14.8. The minimum atomic E-state index is -0.934. The summed E-state index contributed by atoms with van der Waals surface area (Å²) in [7, 11) is 0. The Morgan fingerprint density at radius 3 is 2.19 bits per heavy atom. The van der Waals surface area contributed by atoms with Crippen LogP contribution < -0.4 is 5.43 Å². The summed E-state index contributed by atoms with van der Waals surface area (Å²) in [5.74, 6) is -0.934. The standard InChI is InChI=1S/C17H18N2O2/c1-11-4-5-15(10-12(11)2)13(3)18-19-16-8-6-14(7-9-16)17(20)21/h4-10,19H,1-3H3,(H,20,21)/b18-13-. The van der Waals surface area contributed by atoms with Crippen molar-refractivity contribution >= 4 is 17.4 Å². The molecule has 0 bridgehead atoms. The lowest BCUT2D eigenvalue weighted by atomic mass is 10.0. The Bertz CT molecular complexity index is 688. The molecular weight excluding hydrogens is 264 g/mol. The lowest BCUT2D eigenvalue weighted by Gasteiger charge is -2.06. The normalized spacial score (nSPS) is 11.3. The molecule has 0 fully saturated rings. The summed E-state index contributed by atoms with van der Waals surface area (Å²) < 4.78 is 0. The molecular formula is C17H18N2O2. The molecule has 0 heterocycles. The molecule has 2 aromatic carbocycles. The average molecular weight is 282 g/mol. The van der Waals surface area contributed by atoms with Crippen molar-refractivity contribution in [3.8, 4) is 0 Å². The number of anilines is 1. The van der Waals surface area contributed by atoms with Gasteiger partial charge in [0.1, 0.15) is 0 Å². The summed E-state index contributed by atoms with van der Waals surface area (Å²) in [5.41, 5.74) is 8.37. The van der Waals surface area contributed by atoms with E-state index in [0.29, 0.717) is 0 Å².